The van der Waals surface area contributed by atoms with Crippen LogP contribution in [0.1, 0.15) is 11.3 Å². The molecule has 5 heteroatoms. The van der Waals surface area contributed by atoms with E-state index in [-0.39, 0.29) is 11.6 Å². The topological polar surface area (TPSA) is 51.8 Å². The Morgan fingerprint density at radius 1 is 1.14 bits per heavy atom. The van der Waals surface area contributed by atoms with Crippen LogP contribution in [0.5, 0.6) is 0 Å². The number of esters is 1. The third-order valence-corrected chi connectivity index (χ3v) is 2.95. The van der Waals surface area contributed by atoms with Crippen molar-refractivity contribution in [2.45, 2.75) is 0 Å². The monoisotopic (exact) mass is 299 g/mol. The number of benzene rings is 1. The zero-order valence-corrected chi connectivity index (χ0v) is 11.6. The number of ether oxygens (including phenoxy) is 1. The Labute approximate surface area is 126 Å². The molecule has 104 valence electrons. The Hall–Kier alpha value is -2.59. The van der Waals surface area contributed by atoms with E-state index < -0.39 is 5.97 Å². The quantitative estimate of drug-likeness (QED) is 0.640. The number of hydrogen-bond acceptors (Lipinski definition) is 4. The van der Waals surface area contributed by atoms with E-state index in [9.17, 15) is 4.79 Å². The van der Waals surface area contributed by atoms with Gasteiger partial charge in [0.05, 0.1) is 6.26 Å². The van der Waals surface area contributed by atoms with Crippen LogP contribution in [0, 0.1) is 0 Å². The molecule has 1 aliphatic rings. The Bertz CT molecular complexity index is 743. The number of rotatable bonds is 3. The molecule has 0 bridgehead atoms. The molecule has 3 rings (SSSR count). The number of carbonyl (C=O) groups excluding carboxylic acids is 1. The molecular weight excluding hydrogens is 290 g/mol. The highest BCUT2D eigenvalue weighted by atomic mass is 35.5. The first kappa shape index (κ1) is 13.4. The minimum Gasteiger partial charge on any atom is -0.459 e. The van der Waals surface area contributed by atoms with Crippen LogP contribution in [-0.4, -0.2) is 11.9 Å². The smallest absolute Gasteiger partial charge is 0.363 e. The van der Waals surface area contributed by atoms with Crippen molar-refractivity contribution in [1.29, 1.82) is 0 Å². The standard InChI is InChI=1S/C16H10ClNO3/c17-12(9-11-5-2-1-3-6-11)10-13-16(19)21-15(18-13)14-7-4-8-20-14/h1-10H/b12-9-,13-10+. The van der Waals surface area contributed by atoms with Gasteiger partial charge in [-0.05, 0) is 29.8 Å². The highest BCUT2D eigenvalue weighted by Gasteiger charge is 2.25. The number of allylic oxidation sites excluding steroid dienone is 2. The summed E-state index contributed by atoms with van der Waals surface area (Å²) in [5.41, 5.74) is 1.07. The van der Waals surface area contributed by atoms with Crippen molar-refractivity contribution in [3.8, 4) is 0 Å². The van der Waals surface area contributed by atoms with Crippen molar-refractivity contribution < 1.29 is 13.9 Å². The summed E-state index contributed by atoms with van der Waals surface area (Å²) in [6.45, 7) is 0. The predicted octanol–water partition coefficient (Wildman–Crippen LogP) is 3.75. The average molecular weight is 300 g/mol. The zero-order valence-electron chi connectivity index (χ0n) is 10.8. The molecule has 0 spiro atoms. The molecule has 21 heavy (non-hydrogen) atoms. The van der Waals surface area contributed by atoms with E-state index in [2.05, 4.69) is 4.99 Å². The summed E-state index contributed by atoms with van der Waals surface area (Å²) in [5.74, 6) is -0.0173. The van der Waals surface area contributed by atoms with Crippen LogP contribution in [-0.2, 0) is 9.53 Å². The van der Waals surface area contributed by atoms with Gasteiger partial charge in [0.25, 0.3) is 5.90 Å². The molecule has 0 atom stereocenters. The first-order valence-corrected chi connectivity index (χ1v) is 6.59. The number of cyclic esters (lactones) is 1. The number of carbonyl (C=O) groups is 1. The lowest BCUT2D eigenvalue weighted by molar-refractivity contribution is -0.130. The summed E-state index contributed by atoms with van der Waals surface area (Å²) in [7, 11) is 0. The fraction of sp³-hybridized carbons (Fsp3) is 0. The largest absolute Gasteiger partial charge is 0.459 e. The molecule has 2 aromatic rings. The van der Waals surface area contributed by atoms with Gasteiger partial charge < -0.3 is 9.15 Å². The zero-order chi connectivity index (χ0) is 14.7. The van der Waals surface area contributed by atoms with E-state index in [0.29, 0.717) is 10.8 Å². The van der Waals surface area contributed by atoms with Crippen LogP contribution < -0.4 is 0 Å². The Kier molecular flexibility index (Phi) is 3.71. The highest BCUT2D eigenvalue weighted by Crippen LogP contribution is 2.20. The molecular formula is C16H10ClNO3. The lowest BCUT2D eigenvalue weighted by Gasteiger charge is -1.94. The van der Waals surface area contributed by atoms with Gasteiger partial charge in [-0.3, -0.25) is 0 Å². The Morgan fingerprint density at radius 2 is 1.95 bits per heavy atom. The van der Waals surface area contributed by atoms with Gasteiger partial charge in [0.1, 0.15) is 0 Å². The first-order valence-electron chi connectivity index (χ1n) is 6.21. The van der Waals surface area contributed by atoms with Gasteiger partial charge in [-0.25, -0.2) is 9.79 Å². The van der Waals surface area contributed by atoms with Gasteiger partial charge in [0.2, 0.25) is 0 Å². The van der Waals surface area contributed by atoms with Gasteiger partial charge in [-0.2, -0.15) is 0 Å². The van der Waals surface area contributed by atoms with Crippen molar-refractivity contribution in [3.63, 3.8) is 0 Å². The lowest BCUT2D eigenvalue weighted by atomic mass is 10.2. The van der Waals surface area contributed by atoms with E-state index in [4.69, 9.17) is 20.8 Å². The molecule has 0 amide bonds. The maximum atomic E-state index is 11.7. The fourth-order valence-electron chi connectivity index (χ4n) is 1.80. The summed E-state index contributed by atoms with van der Waals surface area (Å²) in [6.07, 6.45) is 4.69. The highest BCUT2D eigenvalue weighted by molar-refractivity contribution is 6.33. The lowest BCUT2D eigenvalue weighted by Crippen LogP contribution is -2.04. The first-order chi connectivity index (χ1) is 10.2. The molecule has 2 heterocycles. The van der Waals surface area contributed by atoms with Crippen molar-refractivity contribution in [3.05, 3.63) is 76.9 Å². The van der Waals surface area contributed by atoms with Crippen LogP contribution in [0.15, 0.2) is 74.9 Å². The number of nitrogens with zero attached hydrogens (tertiary/aromatic N) is 1. The molecule has 1 aliphatic heterocycles. The Balaban J connectivity index is 1.86. The molecule has 0 radical (unpaired) electrons. The fourth-order valence-corrected chi connectivity index (χ4v) is 2.02. The van der Waals surface area contributed by atoms with Gasteiger partial charge in [0.15, 0.2) is 11.5 Å². The second kappa shape index (κ2) is 5.81. The van der Waals surface area contributed by atoms with Gasteiger partial charge in [-0.1, -0.05) is 41.9 Å². The van der Waals surface area contributed by atoms with Crippen LogP contribution in [0.25, 0.3) is 6.08 Å². The molecule has 4 nitrogen and oxygen atoms in total. The van der Waals surface area contributed by atoms with Gasteiger partial charge >= 0.3 is 5.97 Å². The van der Waals surface area contributed by atoms with Crippen molar-refractivity contribution in [2.24, 2.45) is 4.99 Å². The van der Waals surface area contributed by atoms with E-state index in [1.54, 1.807) is 18.2 Å². The maximum Gasteiger partial charge on any atom is 0.363 e. The molecule has 0 fully saturated rings. The van der Waals surface area contributed by atoms with E-state index >= 15 is 0 Å². The third kappa shape index (κ3) is 3.12. The molecule has 0 N–H and O–H groups in total. The normalized spacial score (nSPS) is 17.0. The molecule has 0 aliphatic carbocycles. The van der Waals surface area contributed by atoms with E-state index in [1.807, 2.05) is 30.3 Å². The van der Waals surface area contributed by atoms with Gasteiger partial charge in [-0.15, -0.1) is 0 Å². The van der Waals surface area contributed by atoms with E-state index in [1.165, 1.54) is 12.3 Å². The number of aliphatic imine (C=N–C) groups is 1. The summed E-state index contributed by atoms with van der Waals surface area (Å²) in [4.78, 5) is 15.8. The molecule has 1 aromatic heterocycles. The molecule has 0 unspecified atom stereocenters. The minimum atomic E-state index is -0.555. The van der Waals surface area contributed by atoms with Crippen molar-refractivity contribution in [2.75, 3.05) is 0 Å². The minimum absolute atomic E-state index is 0.138. The van der Waals surface area contributed by atoms with Crippen LogP contribution in [0.4, 0.5) is 0 Å². The summed E-state index contributed by atoms with van der Waals surface area (Å²) in [6, 6.07) is 12.9. The Morgan fingerprint density at radius 3 is 2.67 bits per heavy atom. The van der Waals surface area contributed by atoms with Crippen LogP contribution in [0.3, 0.4) is 0 Å². The van der Waals surface area contributed by atoms with Crippen LogP contribution in [0.2, 0.25) is 0 Å². The maximum absolute atomic E-state index is 11.7. The predicted molar refractivity (Wildman–Crippen MR) is 79.7 cm³/mol. The second-order valence-electron chi connectivity index (χ2n) is 4.25. The summed E-state index contributed by atoms with van der Waals surface area (Å²) in [5, 5.41) is 0.387. The number of halogens is 1. The third-order valence-electron chi connectivity index (χ3n) is 2.73. The number of furan rings is 1. The van der Waals surface area contributed by atoms with Gasteiger partial charge in [0, 0.05) is 5.03 Å². The summed E-state index contributed by atoms with van der Waals surface area (Å²) >= 11 is 6.12. The molecule has 1 aromatic carbocycles. The number of hydrogen-bond donors (Lipinski definition) is 0. The molecule has 0 saturated carbocycles. The van der Waals surface area contributed by atoms with Crippen molar-refractivity contribution in [1.82, 2.24) is 0 Å². The SMILES string of the molecule is O=C1OC(c2ccco2)=N/C1=C/C(Cl)=C/c1ccccc1. The second-order valence-corrected chi connectivity index (χ2v) is 4.69. The summed E-state index contributed by atoms with van der Waals surface area (Å²) < 4.78 is 10.2. The van der Waals surface area contributed by atoms with E-state index in [0.717, 1.165) is 5.56 Å². The van der Waals surface area contributed by atoms with Crippen LogP contribution >= 0.6 is 11.6 Å². The average Bonchev–Trinajstić information content (AvgIpc) is 3.10. The molecule has 0 saturated heterocycles. The van der Waals surface area contributed by atoms with Crippen molar-refractivity contribution >= 4 is 29.5 Å².